The molecule has 0 bridgehead atoms. The van der Waals surface area contributed by atoms with E-state index in [1.54, 1.807) is 11.0 Å². The number of nitrogens with zero attached hydrogens (tertiary/aromatic N) is 1. The van der Waals surface area contributed by atoms with Crippen LogP contribution in [0.3, 0.4) is 0 Å². The number of carbonyl (C=O) groups is 1. The lowest BCUT2D eigenvalue weighted by atomic mass is 10.1. The minimum absolute atomic E-state index is 0.00343. The van der Waals surface area contributed by atoms with Crippen LogP contribution in [0.4, 0.5) is 0 Å². The molecule has 1 amide bonds. The summed E-state index contributed by atoms with van der Waals surface area (Å²) in [5.74, 6) is 0.00343. The first-order valence-corrected chi connectivity index (χ1v) is 7.60. The van der Waals surface area contributed by atoms with E-state index in [9.17, 15) is 4.79 Å². The average Bonchev–Trinajstić information content (AvgIpc) is 2.47. The molecule has 0 fully saturated rings. The largest absolute Gasteiger partial charge is 0.341 e. The molecule has 20 heavy (non-hydrogen) atoms. The molecule has 2 rings (SSSR count). The van der Waals surface area contributed by atoms with Crippen LogP contribution < -0.4 is 0 Å². The van der Waals surface area contributed by atoms with Crippen molar-refractivity contribution >= 4 is 34.5 Å². The van der Waals surface area contributed by atoms with Crippen molar-refractivity contribution < 1.29 is 4.79 Å². The molecule has 2 aromatic rings. The van der Waals surface area contributed by atoms with E-state index in [1.807, 2.05) is 37.4 Å². The molecule has 0 spiro atoms. The van der Waals surface area contributed by atoms with Gasteiger partial charge in [0.25, 0.3) is 5.91 Å². The summed E-state index contributed by atoms with van der Waals surface area (Å²) in [4.78, 5) is 14.9. The van der Waals surface area contributed by atoms with Gasteiger partial charge in [-0.2, -0.15) is 0 Å². The third-order valence-electron chi connectivity index (χ3n) is 3.11. The predicted molar refractivity (Wildman–Crippen MR) is 88.5 cm³/mol. The molecule has 0 atom stereocenters. The molecule has 104 valence electrons. The van der Waals surface area contributed by atoms with Crippen LogP contribution in [0.25, 0.3) is 0 Å². The van der Waals surface area contributed by atoms with E-state index in [2.05, 4.69) is 40.7 Å². The van der Waals surface area contributed by atoms with Gasteiger partial charge in [0.1, 0.15) is 0 Å². The fourth-order valence-corrected chi connectivity index (χ4v) is 2.55. The van der Waals surface area contributed by atoms with Crippen molar-refractivity contribution in [3.8, 4) is 0 Å². The molecule has 2 nitrogen and oxygen atoms in total. The van der Waals surface area contributed by atoms with Gasteiger partial charge in [-0.1, -0.05) is 30.3 Å². The number of likely N-dealkylation sites (N-methyl/N-ethyl adjacent to an activating group) is 1. The topological polar surface area (TPSA) is 20.3 Å². The van der Waals surface area contributed by atoms with Crippen LogP contribution in [0.5, 0.6) is 0 Å². The highest BCUT2D eigenvalue weighted by Crippen LogP contribution is 2.21. The van der Waals surface area contributed by atoms with Crippen molar-refractivity contribution in [3.63, 3.8) is 0 Å². The number of hydrogen-bond acceptors (Lipinski definition) is 2. The molecule has 0 aliphatic rings. The first-order chi connectivity index (χ1) is 9.58. The molecule has 0 aliphatic carbocycles. The molecule has 0 radical (unpaired) electrons. The zero-order chi connectivity index (χ0) is 14.5. The van der Waals surface area contributed by atoms with E-state index in [4.69, 9.17) is 0 Å². The summed E-state index contributed by atoms with van der Waals surface area (Å²) in [6.07, 6.45) is 0.848. The van der Waals surface area contributed by atoms with Crippen molar-refractivity contribution in [1.29, 1.82) is 0 Å². The fourth-order valence-electron chi connectivity index (χ4n) is 1.93. The Morgan fingerprint density at radius 1 is 1.20 bits per heavy atom. The minimum atomic E-state index is 0.00343. The Kier molecular flexibility index (Phi) is 5.26. The minimum Gasteiger partial charge on any atom is -0.341 e. The van der Waals surface area contributed by atoms with Crippen LogP contribution in [0.1, 0.15) is 15.9 Å². The van der Waals surface area contributed by atoms with Gasteiger partial charge >= 0.3 is 0 Å². The van der Waals surface area contributed by atoms with E-state index < -0.39 is 0 Å². The van der Waals surface area contributed by atoms with Crippen LogP contribution in [0.15, 0.2) is 57.9 Å². The fraction of sp³-hybridized carbons (Fsp3) is 0.188. The summed E-state index contributed by atoms with van der Waals surface area (Å²) in [6.45, 7) is 0.687. The van der Waals surface area contributed by atoms with Crippen LogP contribution in [0, 0.1) is 0 Å². The van der Waals surface area contributed by atoms with Gasteiger partial charge in [0.2, 0.25) is 0 Å². The van der Waals surface area contributed by atoms with Crippen molar-refractivity contribution in [2.45, 2.75) is 11.3 Å². The Hall–Kier alpha value is -1.26. The highest BCUT2D eigenvalue weighted by molar-refractivity contribution is 9.10. The molecule has 0 N–H and O–H groups in total. The van der Waals surface area contributed by atoms with E-state index in [0.717, 1.165) is 15.8 Å². The third-order valence-corrected chi connectivity index (χ3v) is 4.08. The predicted octanol–water partition coefficient (Wildman–Crippen LogP) is 4.05. The van der Waals surface area contributed by atoms with Gasteiger partial charge in [0.15, 0.2) is 0 Å². The van der Waals surface area contributed by atoms with E-state index in [-0.39, 0.29) is 5.91 Å². The number of benzene rings is 2. The van der Waals surface area contributed by atoms with Gasteiger partial charge in [0.05, 0.1) is 5.56 Å². The van der Waals surface area contributed by atoms with Gasteiger partial charge in [-0.05, 0) is 46.1 Å². The standard InChI is InChI=1S/C16H16BrNOS/c1-18(10-9-12-5-3-2-4-6-12)16(19)14-11-13(20)7-8-15(14)17/h2-8,11,20H,9-10H2,1H3. The molecule has 0 saturated heterocycles. The van der Waals surface area contributed by atoms with E-state index >= 15 is 0 Å². The Labute approximate surface area is 133 Å². The maximum Gasteiger partial charge on any atom is 0.254 e. The van der Waals surface area contributed by atoms with Crippen LogP contribution in [0.2, 0.25) is 0 Å². The SMILES string of the molecule is CN(CCc1ccccc1)C(=O)c1cc(S)ccc1Br. The summed E-state index contributed by atoms with van der Waals surface area (Å²) < 4.78 is 0.798. The summed E-state index contributed by atoms with van der Waals surface area (Å²) in [6, 6.07) is 15.7. The van der Waals surface area contributed by atoms with E-state index in [1.165, 1.54) is 5.56 Å². The lowest BCUT2D eigenvalue weighted by Crippen LogP contribution is -2.29. The lowest BCUT2D eigenvalue weighted by molar-refractivity contribution is 0.0795. The number of amides is 1. The molecular formula is C16H16BrNOS. The van der Waals surface area contributed by atoms with Crippen LogP contribution >= 0.6 is 28.6 Å². The van der Waals surface area contributed by atoms with Gasteiger partial charge in [-0.25, -0.2) is 0 Å². The van der Waals surface area contributed by atoms with Gasteiger partial charge in [-0.3, -0.25) is 4.79 Å². The molecule has 0 aliphatic heterocycles. The number of carbonyl (C=O) groups excluding carboxylic acids is 1. The lowest BCUT2D eigenvalue weighted by Gasteiger charge is -2.18. The maximum atomic E-state index is 12.4. The average molecular weight is 350 g/mol. The summed E-state index contributed by atoms with van der Waals surface area (Å²) in [5, 5.41) is 0. The van der Waals surface area contributed by atoms with Crippen LogP contribution in [-0.4, -0.2) is 24.4 Å². The Morgan fingerprint density at radius 2 is 1.90 bits per heavy atom. The van der Waals surface area contributed by atoms with Crippen molar-refractivity contribution in [2.75, 3.05) is 13.6 Å². The molecule has 0 saturated carbocycles. The second-order valence-corrected chi connectivity index (χ2v) is 6.00. The zero-order valence-corrected chi connectivity index (χ0v) is 13.7. The number of thiol groups is 1. The van der Waals surface area contributed by atoms with Gasteiger partial charge in [0, 0.05) is 23.0 Å². The van der Waals surface area contributed by atoms with Crippen LogP contribution in [-0.2, 0) is 6.42 Å². The Morgan fingerprint density at radius 3 is 2.60 bits per heavy atom. The second-order valence-electron chi connectivity index (χ2n) is 4.63. The summed E-state index contributed by atoms with van der Waals surface area (Å²) in [5.41, 5.74) is 1.88. The van der Waals surface area contributed by atoms with E-state index in [0.29, 0.717) is 12.1 Å². The van der Waals surface area contributed by atoms with Gasteiger partial charge in [-0.15, -0.1) is 12.6 Å². The first-order valence-electron chi connectivity index (χ1n) is 6.36. The highest BCUT2D eigenvalue weighted by Gasteiger charge is 2.14. The number of rotatable bonds is 4. The Bertz CT molecular complexity index is 601. The third kappa shape index (κ3) is 3.87. The molecule has 0 unspecified atom stereocenters. The van der Waals surface area contributed by atoms with Crippen molar-refractivity contribution in [3.05, 3.63) is 64.1 Å². The molecule has 0 aromatic heterocycles. The number of halogens is 1. The second kappa shape index (κ2) is 6.95. The summed E-state index contributed by atoms with van der Waals surface area (Å²) >= 11 is 7.70. The molecule has 0 heterocycles. The monoisotopic (exact) mass is 349 g/mol. The zero-order valence-electron chi connectivity index (χ0n) is 11.2. The highest BCUT2D eigenvalue weighted by atomic mass is 79.9. The molecule has 4 heteroatoms. The maximum absolute atomic E-state index is 12.4. The van der Waals surface area contributed by atoms with Crippen molar-refractivity contribution in [1.82, 2.24) is 4.90 Å². The van der Waals surface area contributed by atoms with Gasteiger partial charge < -0.3 is 4.90 Å². The molecule has 2 aromatic carbocycles. The normalized spacial score (nSPS) is 10.3. The number of hydrogen-bond donors (Lipinski definition) is 1. The molecular weight excluding hydrogens is 334 g/mol. The Balaban J connectivity index is 2.03. The first kappa shape index (κ1) is 15.1. The van der Waals surface area contributed by atoms with Crippen molar-refractivity contribution in [2.24, 2.45) is 0 Å². The smallest absolute Gasteiger partial charge is 0.254 e. The quantitative estimate of drug-likeness (QED) is 0.825. The summed E-state index contributed by atoms with van der Waals surface area (Å²) in [7, 11) is 1.82.